The van der Waals surface area contributed by atoms with Crippen molar-refractivity contribution in [3.8, 4) is 5.75 Å². The number of ether oxygens (including phenoxy) is 2. The van der Waals surface area contributed by atoms with E-state index in [1.165, 1.54) is 19.2 Å². The van der Waals surface area contributed by atoms with Crippen LogP contribution in [0.5, 0.6) is 5.75 Å². The molecular weight excluding hydrogens is 413 g/mol. The number of hydrogen-bond donors (Lipinski definition) is 2. The second-order valence-electron chi connectivity index (χ2n) is 4.54. The normalized spacial score (nSPS) is 10.0. The van der Waals surface area contributed by atoms with E-state index in [-0.39, 0.29) is 23.6 Å². The van der Waals surface area contributed by atoms with Gasteiger partial charge < -0.3 is 14.6 Å². The molecule has 2 rings (SSSR count). The van der Waals surface area contributed by atoms with Crippen molar-refractivity contribution in [1.82, 2.24) is 0 Å². The summed E-state index contributed by atoms with van der Waals surface area (Å²) >= 11 is 1.86. The van der Waals surface area contributed by atoms with E-state index < -0.39 is 12.1 Å². The molecule has 0 saturated carbocycles. The van der Waals surface area contributed by atoms with Crippen molar-refractivity contribution in [2.24, 2.45) is 0 Å². The molecular formula is C16H14INO5. The second-order valence-corrected chi connectivity index (χ2v) is 5.61. The Kier molecular flexibility index (Phi) is 5.80. The number of nitrogens with one attached hydrogen (secondary N) is 1. The van der Waals surface area contributed by atoms with Gasteiger partial charge in [-0.3, -0.25) is 5.32 Å². The molecule has 0 bridgehead atoms. The Labute approximate surface area is 146 Å². The van der Waals surface area contributed by atoms with Crippen LogP contribution in [-0.4, -0.2) is 24.3 Å². The SMILES string of the molecule is COC(=O)c1cc(O)c(I)c(NC(=O)OCc2ccccc2)c1. The first-order valence-corrected chi connectivity index (χ1v) is 7.67. The maximum absolute atomic E-state index is 11.9. The molecule has 0 aliphatic rings. The minimum absolute atomic E-state index is 0.117. The monoisotopic (exact) mass is 427 g/mol. The van der Waals surface area contributed by atoms with Crippen LogP contribution in [0.3, 0.4) is 0 Å². The number of methoxy groups -OCH3 is 1. The van der Waals surface area contributed by atoms with Crippen LogP contribution in [0.4, 0.5) is 10.5 Å². The van der Waals surface area contributed by atoms with Crippen LogP contribution in [-0.2, 0) is 16.1 Å². The third-order valence-corrected chi connectivity index (χ3v) is 4.06. The number of carbonyl (C=O) groups is 2. The molecule has 0 saturated heterocycles. The quantitative estimate of drug-likeness (QED) is 0.576. The predicted molar refractivity (Wildman–Crippen MR) is 92.4 cm³/mol. The van der Waals surface area contributed by atoms with Crippen LogP contribution in [0.2, 0.25) is 0 Å². The van der Waals surface area contributed by atoms with Gasteiger partial charge >= 0.3 is 12.1 Å². The molecule has 0 radical (unpaired) electrons. The van der Waals surface area contributed by atoms with Gasteiger partial charge in [-0.1, -0.05) is 30.3 Å². The van der Waals surface area contributed by atoms with Crippen molar-refractivity contribution in [2.45, 2.75) is 6.61 Å². The molecule has 0 aromatic heterocycles. The Bertz CT molecular complexity index is 718. The molecule has 0 fully saturated rings. The molecule has 2 aromatic carbocycles. The van der Waals surface area contributed by atoms with Crippen LogP contribution in [0, 0.1) is 3.57 Å². The van der Waals surface area contributed by atoms with Gasteiger partial charge in [-0.25, -0.2) is 9.59 Å². The molecule has 1 amide bonds. The minimum Gasteiger partial charge on any atom is -0.507 e. The number of hydrogen-bond acceptors (Lipinski definition) is 5. The zero-order chi connectivity index (χ0) is 16.8. The van der Waals surface area contributed by atoms with Crippen molar-refractivity contribution in [3.05, 3.63) is 57.2 Å². The Hall–Kier alpha value is -2.29. The summed E-state index contributed by atoms with van der Waals surface area (Å²) < 4.78 is 10.1. The summed E-state index contributed by atoms with van der Waals surface area (Å²) in [6.45, 7) is 0.117. The van der Waals surface area contributed by atoms with E-state index in [4.69, 9.17) is 4.74 Å². The topological polar surface area (TPSA) is 84.9 Å². The van der Waals surface area contributed by atoms with Crippen LogP contribution < -0.4 is 5.32 Å². The fourth-order valence-corrected chi connectivity index (χ4v) is 2.25. The Balaban J connectivity index is 2.08. The molecule has 0 unspecified atom stereocenters. The summed E-state index contributed by atoms with van der Waals surface area (Å²) in [5.74, 6) is -0.746. The van der Waals surface area contributed by atoms with Crippen molar-refractivity contribution in [3.63, 3.8) is 0 Å². The number of phenolic OH excluding ortho intramolecular Hbond substituents is 1. The zero-order valence-corrected chi connectivity index (χ0v) is 14.4. The molecule has 2 aromatic rings. The van der Waals surface area contributed by atoms with Crippen molar-refractivity contribution in [2.75, 3.05) is 12.4 Å². The Morgan fingerprint density at radius 1 is 1.22 bits per heavy atom. The van der Waals surface area contributed by atoms with E-state index in [0.717, 1.165) is 5.56 Å². The van der Waals surface area contributed by atoms with E-state index >= 15 is 0 Å². The van der Waals surface area contributed by atoms with Gasteiger partial charge in [0.2, 0.25) is 0 Å². The van der Waals surface area contributed by atoms with Crippen molar-refractivity contribution in [1.29, 1.82) is 0 Å². The van der Waals surface area contributed by atoms with Crippen LogP contribution in [0.15, 0.2) is 42.5 Å². The Morgan fingerprint density at radius 2 is 1.91 bits per heavy atom. The fourth-order valence-electron chi connectivity index (χ4n) is 1.80. The molecule has 0 aliphatic carbocycles. The van der Waals surface area contributed by atoms with Crippen LogP contribution >= 0.6 is 22.6 Å². The van der Waals surface area contributed by atoms with Gasteiger partial charge in [0, 0.05) is 0 Å². The van der Waals surface area contributed by atoms with Crippen LogP contribution in [0.25, 0.3) is 0 Å². The van der Waals surface area contributed by atoms with E-state index in [1.54, 1.807) is 0 Å². The number of phenols is 1. The average Bonchev–Trinajstić information content (AvgIpc) is 2.57. The van der Waals surface area contributed by atoms with Gasteiger partial charge in [-0.15, -0.1) is 0 Å². The van der Waals surface area contributed by atoms with Gasteiger partial charge in [0.1, 0.15) is 12.4 Å². The number of aromatic hydroxyl groups is 1. The van der Waals surface area contributed by atoms with Crippen molar-refractivity contribution < 1.29 is 24.2 Å². The molecule has 2 N–H and O–H groups in total. The molecule has 7 heteroatoms. The second kappa shape index (κ2) is 7.82. The number of halogens is 1. The lowest BCUT2D eigenvalue weighted by Crippen LogP contribution is -2.15. The lowest BCUT2D eigenvalue weighted by Gasteiger charge is -2.11. The largest absolute Gasteiger partial charge is 0.507 e. The maximum atomic E-state index is 11.9. The number of amides is 1. The molecule has 0 aliphatic heterocycles. The summed E-state index contributed by atoms with van der Waals surface area (Å²) in [5, 5.41) is 12.3. The molecule has 0 atom stereocenters. The van der Waals surface area contributed by atoms with Gasteiger partial charge in [0.15, 0.2) is 0 Å². The smallest absolute Gasteiger partial charge is 0.411 e. The summed E-state index contributed by atoms with van der Waals surface area (Å²) in [5.41, 5.74) is 1.25. The highest BCUT2D eigenvalue weighted by Crippen LogP contribution is 2.29. The first-order chi connectivity index (χ1) is 11.0. The summed E-state index contributed by atoms with van der Waals surface area (Å²) in [7, 11) is 1.23. The highest BCUT2D eigenvalue weighted by Gasteiger charge is 2.15. The lowest BCUT2D eigenvalue weighted by molar-refractivity contribution is 0.0600. The molecule has 23 heavy (non-hydrogen) atoms. The molecule has 6 nitrogen and oxygen atoms in total. The van der Waals surface area contributed by atoms with Gasteiger partial charge in [-0.05, 0) is 40.3 Å². The number of benzene rings is 2. The lowest BCUT2D eigenvalue weighted by atomic mass is 10.2. The first-order valence-electron chi connectivity index (χ1n) is 6.59. The van der Waals surface area contributed by atoms with Crippen molar-refractivity contribution >= 4 is 40.3 Å². The van der Waals surface area contributed by atoms with E-state index in [1.807, 2.05) is 52.9 Å². The number of rotatable bonds is 4. The Morgan fingerprint density at radius 3 is 2.57 bits per heavy atom. The third-order valence-electron chi connectivity index (χ3n) is 2.92. The highest BCUT2D eigenvalue weighted by atomic mass is 127. The van der Waals surface area contributed by atoms with E-state index in [2.05, 4.69) is 10.1 Å². The molecule has 120 valence electrons. The standard InChI is InChI=1S/C16H14INO5/c1-22-15(20)11-7-12(14(17)13(19)8-11)18-16(21)23-9-10-5-3-2-4-6-10/h2-8,19H,9H2,1H3,(H,18,21). The number of carbonyl (C=O) groups excluding carboxylic acids is 2. The van der Waals surface area contributed by atoms with E-state index in [0.29, 0.717) is 3.57 Å². The highest BCUT2D eigenvalue weighted by molar-refractivity contribution is 14.1. The van der Waals surface area contributed by atoms with Gasteiger partial charge in [0.05, 0.1) is 21.9 Å². The number of esters is 1. The van der Waals surface area contributed by atoms with E-state index in [9.17, 15) is 14.7 Å². The van der Waals surface area contributed by atoms with Crippen LogP contribution in [0.1, 0.15) is 15.9 Å². The summed E-state index contributed by atoms with van der Waals surface area (Å²) in [6, 6.07) is 11.9. The minimum atomic E-state index is -0.687. The average molecular weight is 427 g/mol. The molecule has 0 spiro atoms. The van der Waals surface area contributed by atoms with Gasteiger partial charge in [-0.2, -0.15) is 0 Å². The molecule has 0 heterocycles. The summed E-state index contributed by atoms with van der Waals surface area (Å²) in [4.78, 5) is 23.4. The summed E-state index contributed by atoms with van der Waals surface area (Å²) in [6.07, 6.45) is -0.687. The zero-order valence-electron chi connectivity index (χ0n) is 12.2. The third kappa shape index (κ3) is 4.59. The van der Waals surface area contributed by atoms with Gasteiger partial charge in [0.25, 0.3) is 0 Å². The number of anilines is 1. The predicted octanol–water partition coefficient (Wildman–Crippen LogP) is 3.53. The first kappa shape index (κ1) is 17.1. The fraction of sp³-hybridized carbons (Fsp3) is 0.125. The maximum Gasteiger partial charge on any atom is 0.411 e.